The SMILES string of the molecule is CC(C)(O)C(=O)C[C@H](CCc1ccccc1)C[N+](=O)[O-]. The van der Waals surface area contributed by atoms with Gasteiger partial charge in [0.25, 0.3) is 0 Å². The number of rotatable bonds is 8. The fourth-order valence-corrected chi connectivity index (χ4v) is 2.00. The van der Waals surface area contributed by atoms with Crippen LogP contribution in [-0.2, 0) is 11.2 Å². The molecular weight excluding hydrogens is 258 g/mol. The second-order valence-corrected chi connectivity index (χ2v) is 5.59. The zero-order chi connectivity index (χ0) is 15.2. The van der Waals surface area contributed by atoms with E-state index in [9.17, 15) is 20.0 Å². The lowest BCUT2D eigenvalue weighted by Gasteiger charge is -2.19. The van der Waals surface area contributed by atoms with Gasteiger partial charge >= 0.3 is 0 Å². The molecule has 0 heterocycles. The van der Waals surface area contributed by atoms with Crippen LogP contribution < -0.4 is 0 Å². The van der Waals surface area contributed by atoms with Crippen molar-refractivity contribution in [1.29, 1.82) is 0 Å². The third kappa shape index (κ3) is 5.93. The van der Waals surface area contributed by atoms with Crippen molar-refractivity contribution in [2.24, 2.45) is 5.92 Å². The Morgan fingerprint density at radius 3 is 2.45 bits per heavy atom. The van der Waals surface area contributed by atoms with Gasteiger partial charge in [-0.2, -0.15) is 0 Å². The van der Waals surface area contributed by atoms with E-state index < -0.39 is 10.5 Å². The summed E-state index contributed by atoms with van der Waals surface area (Å²) in [6, 6.07) is 9.66. The van der Waals surface area contributed by atoms with Crippen LogP contribution in [0.1, 0.15) is 32.3 Å². The van der Waals surface area contributed by atoms with Gasteiger partial charge in [-0.15, -0.1) is 0 Å². The van der Waals surface area contributed by atoms with E-state index in [2.05, 4.69) is 0 Å². The van der Waals surface area contributed by atoms with Gasteiger partial charge in [0, 0.05) is 17.3 Å². The molecule has 0 aliphatic rings. The Balaban J connectivity index is 2.60. The summed E-state index contributed by atoms with van der Waals surface area (Å²) in [5.74, 6) is -0.693. The lowest BCUT2D eigenvalue weighted by atomic mass is 9.89. The Labute approximate surface area is 118 Å². The number of aryl methyl sites for hydroxylation is 1. The number of nitrogens with zero attached hydrogens (tertiary/aromatic N) is 1. The predicted octanol–water partition coefficient (Wildman–Crippen LogP) is 2.24. The highest BCUT2D eigenvalue weighted by Crippen LogP contribution is 2.18. The van der Waals surface area contributed by atoms with Gasteiger partial charge in [-0.05, 0) is 32.3 Å². The first kappa shape index (κ1) is 16.3. The van der Waals surface area contributed by atoms with Gasteiger partial charge in [-0.1, -0.05) is 30.3 Å². The number of carbonyl (C=O) groups excluding carboxylic acids is 1. The topological polar surface area (TPSA) is 80.4 Å². The van der Waals surface area contributed by atoms with Crippen molar-refractivity contribution in [1.82, 2.24) is 0 Å². The molecule has 0 amide bonds. The van der Waals surface area contributed by atoms with Crippen LogP contribution in [0.3, 0.4) is 0 Å². The summed E-state index contributed by atoms with van der Waals surface area (Å²) in [4.78, 5) is 22.1. The summed E-state index contributed by atoms with van der Waals surface area (Å²) >= 11 is 0. The molecule has 0 unspecified atom stereocenters. The molecule has 5 heteroatoms. The number of benzene rings is 1. The van der Waals surface area contributed by atoms with Gasteiger partial charge < -0.3 is 5.11 Å². The maximum atomic E-state index is 11.8. The highest BCUT2D eigenvalue weighted by Gasteiger charge is 2.28. The highest BCUT2D eigenvalue weighted by atomic mass is 16.6. The zero-order valence-corrected chi connectivity index (χ0v) is 11.9. The smallest absolute Gasteiger partial charge is 0.207 e. The van der Waals surface area contributed by atoms with E-state index in [-0.39, 0.29) is 24.7 Å². The predicted molar refractivity (Wildman–Crippen MR) is 76.0 cm³/mol. The number of hydrogen-bond donors (Lipinski definition) is 1. The quantitative estimate of drug-likeness (QED) is 0.584. The molecule has 0 radical (unpaired) electrons. The van der Waals surface area contributed by atoms with E-state index >= 15 is 0 Å². The molecule has 0 saturated carbocycles. The summed E-state index contributed by atoms with van der Waals surface area (Å²) in [5.41, 5.74) is -0.335. The van der Waals surface area contributed by atoms with E-state index in [1.165, 1.54) is 13.8 Å². The molecule has 1 N–H and O–H groups in total. The van der Waals surface area contributed by atoms with E-state index in [1.807, 2.05) is 30.3 Å². The van der Waals surface area contributed by atoms with Crippen molar-refractivity contribution in [3.05, 3.63) is 46.0 Å². The molecular formula is C15H21NO4. The number of Topliss-reactive ketones (excluding diaryl/α,β-unsaturated/α-hetero) is 1. The monoisotopic (exact) mass is 279 g/mol. The molecule has 110 valence electrons. The van der Waals surface area contributed by atoms with Gasteiger partial charge in [-0.3, -0.25) is 14.9 Å². The average Bonchev–Trinajstić information content (AvgIpc) is 2.35. The van der Waals surface area contributed by atoms with Crippen LogP contribution in [0.4, 0.5) is 0 Å². The molecule has 0 bridgehead atoms. The Bertz CT molecular complexity index is 451. The van der Waals surface area contributed by atoms with Gasteiger partial charge in [0.1, 0.15) is 5.60 Å². The first-order valence-electron chi connectivity index (χ1n) is 6.70. The van der Waals surface area contributed by atoms with Crippen LogP contribution >= 0.6 is 0 Å². The van der Waals surface area contributed by atoms with Crippen molar-refractivity contribution >= 4 is 5.78 Å². The van der Waals surface area contributed by atoms with E-state index in [0.717, 1.165) is 5.56 Å². The maximum absolute atomic E-state index is 11.8. The second-order valence-electron chi connectivity index (χ2n) is 5.59. The van der Waals surface area contributed by atoms with Crippen LogP contribution in [0.25, 0.3) is 0 Å². The van der Waals surface area contributed by atoms with Gasteiger partial charge in [-0.25, -0.2) is 0 Å². The van der Waals surface area contributed by atoms with Crippen molar-refractivity contribution < 1.29 is 14.8 Å². The molecule has 0 aliphatic carbocycles. The third-order valence-corrected chi connectivity index (χ3v) is 3.25. The standard InChI is InChI=1S/C15H21NO4/c1-15(2,18)14(17)10-13(11-16(19)20)9-8-12-6-4-3-5-7-12/h3-7,13,18H,8-11H2,1-2H3/t13-/m0/s1. The highest BCUT2D eigenvalue weighted by molar-refractivity contribution is 5.86. The Morgan fingerprint density at radius 2 is 1.95 bits per heavy atom. The molecule has 1 atom stereocenters. The normalized spacial score (nSPS) is 12.9. The van der Waals surface area contributed by atoms with Crippen LogP contribution in [0.2, 0.25) is 0 Å². The Kier molecular flexibility index (Phi) is 5.82. The number of ketones is 1. The number of aliphatic hydroxyl groups is 1. The minimum atomic E-state index is -1.43. The van der Waals surface area contributed by atoms with Crippen molar-refractivity contribution in [2.75, 3.05) is 6.54 Å². The van der Waals surface area contributed by atoms with Gasteiger partial charge in [0.15, 0.2) is 5.78 Å². The number of hydrogen-bond acceptors (Lipinski definition) is 4. The second kappa shape index (κ2) is 7.14. The van der Waals surface area contributed by atoms with E-state index in [1.54, 1.807) is 0 Å². The number of carbonyl (C=O) groups is 1. The number of nitro groups is 1. The van der Waals surface area contributed by atoms with E-state index in [4.69, 9.17) is 0 Å². The minimum absolute atomic E-state index is 0.0390. The van der Waals surface area contributed by atoms with Gasteiger partial charge in [0.05, 0.1) is 0 Å². The van der Waals surface area contributed by atoms with Crippen molar-refractivity contribution in [3.63, 3.8) is 0 Å². The molecule has 5 nitrogen and oxygen atoms in total. The first-order valence-corrected chi connectivity index (χ1v) is 6.70. The summed E-state index contributed by atoms with van der Waals surface area (Å²) in [6.45, 7) is 2.58. The Morgan fingerprint density at radius 1 is 1.35 bits per heavy atom. The molecule has 1 aromatic carbocycles. The maximum Gasteiger partial charge on any atom is 0.207 e. The molecule has 0 saturated heterocycles. The summed E-state index contributed by atoms with van der Waals surface area (Å²) < 4.78 is 0. The molecule has 0 aromatic heterocycles. The molecule has 20 heavy (non-hydrogen) atoms. The minimum Gasteiger partial charge on any atom is -0.383 e. The lowest BCUT2D eigenvalue weighted by Crippen LogP contribution is -2.34. The fraction of sp³-hybridized carbons (Fsp3) is 0.533. The summed E-state index contributed by atoms with van der Waals surface area (Å²) in [6.07, 6.45) is 1.29. The van der Waals surface area contributed by atoms with Gasteiger partial charge in [0.2, 0.25) is 6.54 Å². The molecule has 1 rings (SSSR count). The summed E-state index contributed by atoms with van der Waals surface area (Å²) in [7, 11) is 0. The van der Waals surface area contributed by atoms with Crippen molar-refractivity contribution in [3.8, 4) is 0 Å². The largest absolute Gasteiger partial charge is 0.383 e. The van der Waals surface area contributed by atoms with Crippen LogP contribution in [0.5, 0.6) is 0 Å². The van der Waals surface area contributed by atoms with Crippen LogP contribution in [0.15, 0.2) is 30.3 Å². The van der Waals surface area contributed by atoms with E-state index in [0.29, 0.717) is 12.8 Å². The third-order valence-electron chi connectivity index (χ3n) is 3.25. The van der Waals surface area contributed by atoms with Crippen LogP contribution in [-0.4, -0.2) is 28.0 Å². The summed E-state index contributed by atoms with van der Waals surface area (Å²) in [5, 5.41) is 20.3. The fourth-order valence-electron chi connectivity index (χ4n) is 2.00. The van der Waals surface area contributed by atoms with Crippen LogP contribution in [0, 0.1) is 16.0 Å². The zero-order valence-electron chi connectivity index (χ0n) is 11.9. The average molecular weight is 279 g/mol. The lowest BCUT2D eigenvalue weighted by molar-refractivity contribution is -0.488. The molecule has 0 aliphatic heterocycles. The molecule has 1 aromatic rings. The Hall–Kier alpha value is -1.75. The molecule has 0 fully saturated rings. The van der Waals surface area contributed by atoms with Crippen molar-refractivity contribution in [2.45, 2.75) is 38.7 Å². The molecule has 0 spiro atoms. The first-order chi connectivity index (χ1) is 9.29.